The number of hydrogen-bond donors (Lipinski definition) is 2. The van der Waals surface area contributed by atoms with Gasteiger partial charge >= 0.3 is 0 Å². The summed E-state index contributed by atoms with van der Waals surface area (Å²) in [6.45, 7) is 0.462. The number of para-hydroxylation sites is 1. The SMILES string of the molecule is O=C(NCCc1ccc(F)cc1)c1ccc(Nc2ccccc2Cl)nc1. The number of benzene rings is 2. The van der Waals surface area contributed by atoms with Gasteiger partial charge in [-0.3, -0.25) is 4.79 Å². The molecule has 0 aliphatic heterocycles. The highest BCUT2D eigenvalue weighted by Gasteiger charge is 2.07. The molecule has 0 radical (unpaired) electrons. The standard InChI is InChI=1S/C20H17ClFN3O/c21-17-3-1-2-4-18(17)25-19-10-7-15(13-24-19)20(26)23-12-11-14-5-8-16(22)9-6-14/h1-10,13H,11-12H2,(H,23,26)(H,24,25). The van der Waals surface area contributed by atoms with Gasteiger partial charge in [0.1, 0.15) is 11.6 Å². The van der Waals surface area contributed by atoms with Gasteiger partial charge in [-0.15, -0.1) is 0 Å². The maximum absolute atomic E-state index is 12.9. The summed E-state index contributed by atoms with van der Waals surface area (Å²) in [6, 6.07) is 17.0. The lowest BCUT2D eigenvalue weighted by atomic mass is 10.1. The summed E-state index contributed by atoms with van der Waals surface area (Å²) in [5.74, 6) is 0.124. The molecular weight excluding hydrogens is 353 g/mol. The fourth-order valence-electron chi connectivity index (χ4n) is 2.38. The van der Waals surface area contributed by atoms with Gasteiger partial charge < -0.3 is 10.6 Å². The Morgan fingerprint density at radius 3 is 2.50 bits per heavy atom. The highest BCUT2D eigenvalue weighted by Crippen LogP contribution is 2.23. The molecule has 1 amide bonds. The lowest BCUT2D eigenvalue weighted by Gasteiger charge is -2.08. The lowest BCUT2D eigenvalue weighted by Crippen LogP contribution is -2.25. The van der Waals surface area contributed by atoms with E-state index in [4.69, 9.17) is 11.6 Å². The van der Waals surface area contributed by atoms with Gasteiger partial charge in [-0.1, -0.05) is 35.9 Å². The van der Waals surface area contributed by atoms with Crippen molar-refractivity contribution in [3.05, 3.63) is 88.8 Å². The second-order valence-corrected chi connectivity index (χ2v) is 6.08. The molecule has 1 heterocycles. The number of carbonyl (C=O) groups excluding carboxylic acids is 1. The average Bonchev–Trinajstić information content (AvgIpc) is 2.66. The Morgan fingerprint density at radius 2 is 1.81 bits per heavy atom. The van der Waals surface area contributed by atoms with Crippen LogP contribution < -0.4 is 10.6 Å². The zero-order valence-corrected chi connectivity index (χ0v) is 14.6. The van der Waals surface area contributed by atoms with Crippen LogP contribution in [0.2, 0.25) is 5.02 Å². The van der Waals surface area contributed by atoms with Crippen LogP contribution in [0.3, 0.4) is 0 Å². The van der Waals surface area contributed by atoms with Gasteiger partial charge in [-0.25, -0.2) is 9.37 Å². The zero-order chi connectivity index (χ0) is 18.4. The molecule has 132 valence electrons. The number of pyridine rings is 1. The molecule has 26 heavy (non-hydrogen) atoms. The van der Waals surface area contributed by atoms with Crippen molar-refractivity contribution in [1.82, 2.24) is 10.3 Å². The van der Waals surface area contributed by atoms with E-state index >= 15 is 0 Å². The summed E-state index contributed by atoms with van der Waals surface area (Å²) in [4.78, 5) is 16.4. The minimum atomic E-state index is -0.269. The van der Waals surface area contributed by atoms with Crippen LogP contribution in [0.1, 0.15) is 15.9 Å². The number of aromatic nitrogens is 1. The van der Waals surface area contributed by atoms with Crippen LogP contribution in [0.15, 0.2) is 66.9 Å². The quantitative estimate of drug-likeness (QED) is 0.668. The maximum atomic E-state index is 12.9. The first kappa shape index (κ1) is 17.9. The van der Waals surface area contributed by atoms with Gasteiger partial charge in [0.25, 0.3) is 5.91 Å². The highest BCUT2D eigenvalue weighted by molar-refractivity contribution is 6.33. The van der Waals surface area contributed by atoms with Crippen molar-refractivity contribution in [3.63, 3.8) is 0 Å². The molecule has 4 nitrogen and oxygen atoms in total. The minimum absolute atomic E-state index is 0.205. The van der Waals surface area contributed by atoms with E-state index in [1.807, 2.05) is 18.2 Å². The molecule has 2 aromatic carbocycles. The van der Waals surface area contributed by atoms with E-state index in [-0.39, 0.29) is 11.7 Å². The topological polar surface area (TPSA) is 54.0 Å². The largest absolute Gasteiger partial charge is 0.352 e. The Morgan fingerprint density at radius 1 is 1.04 bits per heavy atom. The number of halogens is 2. The van der Waals surface area contributed by atoms with Crippen molar-refractivity contribution in [3.8, 4) is 0 Å². The van der Waals surface area contributed by atoms with E-state index in [9.17, 15) is 9.18 Å². The monoisotopic (exact) mass is 369 g/mol. The number of anilines is 2. The van der Waals surface area contributed by atoms with Crippen molar-refractivity contribution in [2.24, 2.45) is 0 Å². The van der Waals surface area contributed by atoms with Gasteiger partial charge in [0.15, 0.2) is 0 Å². The summed E-state index contributed by atoms with van der Waals surface area (Å²) in [6.07, 6.45) is 2.14. The third-order valence-electron chi connectivity index (χ3n) is 3.77. The second-order valence-electron chi connectivity index (χ2n) is 5.67. The molecule has 0 bridgehead atoms. The zero-order valence-electron chi connectivity index (χ0n) is 13.9. The van der Waals surface area contributed by atoms with E-state index in [0.717, 1.165) is 11.3 Å². The number of hydrogen-bond acceptors (Lipinski definition) is 3. The molecule has 2 N–H and O–H groups in total. The van der Waals surface area contributed by atoms with Crippen molar-refractivity contribution in [1.29, 1.82) is 0 Å². The number of rotatable bonds is 6. The summed E-state index contributed by atoms with van der Waals surface area (Å²) in [5, 5.41) is 6.52. The number of carbonyl (C=O) groups is 1. The average molecular weight is 370 g/mol. The molecule has 0 saturated heterocycles. The van der Waals surface area contributed by atoms with Crippen molar-refractivity contribution >= 4 is 29.0 Å². The van der Waals surface area contributed by atoms with Gasteiger partial charge in [-0.2, -0.15) is 0 Å². The smallest absolute Gasteiger partial charge is 0.252 e. The van der Waals surface area contributed by atoms with E-state index in [0.29, 0.717) is 29.4 Å². The third kappa shape index (κ3) is 4.80. The summed E-state index contributed by atoms with van der Waals surface area (Å²) in [5.41, 5.74) is 2.18. The summed E-state index contributed by atoms with van der Waals surface area (Å²) < 4.78 is 12.9. The molecule has 0 spiro atoms. The molecular formula is C20H17ClFN3O. The molecule has 3 aromatic rings. The van der Waals surface area contributed by atoms with Gasteiger partial charge in [0.2, 0.25) is 0 Å². The first-order valence-corrected chi connectivity index (χ1v) is 8.50. The lowest BCUT2D eigenvalue weighted by molar-refractivity contribution is 0.0954. The molecule has 3 rings (SSSR count). The molecule has 0 aliphatic rings. The van der Waals surface area contributed by atoms with Crippen LogP contribution in [0.5, 0.6) is 0 Å². The first-order valence-electron chi connectivity index (χ1n) is 8.12. The van der Waals surface area contributed by atoms with Crippen molar-refractivity contribution in [2.75, 3.05) is 11.9 Å². The van der Waals surface area contributed by atoms with Crippen molar-refractivity contribution < 1.29 is 9.18 Å². The molecule has 1 aromatic heterocycles. The molecule has 0 atom stereocenters. The molecule has 0 unspecified atom stereocenters. The predicted octanol–water partition coefficient (Wildman–Crippen LogP) is 4.59. The Kier molecular flexibility index (Phi) is 5.81. The molecule has 0 fully saturated rings. The van der Waals surface area contributed by atoms with Crippen LogP contribution in [-0.4, -0.2) is 17.4 Å². The Bertz CT molecular complexity index is 882. The summed E-state index contributed by atoms with van der Waals surface area (Å²) >= 11 is 6.10. The van der Waals surface area contributed by atoms with E-state index in [1.165, 1.54) is 18.3 Å². The van der Waals surface area contributed by atoms with Gasteiger partial charge in [0.05, 0.1) is 16.3 Å². The number of amides is 1. The van der Waals surface area contributed by atoms with E-state index < -0.39 is 0 Å². The highest BCUT2D eigenvalue weighted by atomic mass is 35.5. The molecule has 0 aliphatic carbocycles. The Hall–Kier alpha value is -2.92. The maximum Gasteiger partial charge on any atom is 0.252 e. The Balaban J connectivity index is 1.53. The van der Waals surface area contributed by atoms with Gasteiger partial charge in [0, 0.05) is 12.7 Å². The fourth-order valence-corrected chi connectivity index (χ4v) is 2.56. The molecule has 6 heteroatoms. The van der Waals surface area contributed by atoms with E-state index in [1.54, 1.807) is 30.3 Å². The van der Waals surface area contributed by atoms with Crippen LogP contribution >= 0.6 is 11.6 Å². The second kappa shape index (κ2) is 8.45. The minimum Gasteiger partial charge on any atom is -0.352 e. The van der Waals surface area contributed by atoms with Crippen LogP contribution in [0.4, 0.5) is 15.9 Å². The number of nitrogens with zero attached hydrogens (tertiary/aromatic N) is 1. The Labute approximate surface area is 156 Å². The predicted molar refractivity (Wildman–Crippen MR) is 101 cm³/mol. The fraction of sp³-hybridized carbons (Fsp3) is 0.100. The van der Waals surface area contributed by atoms with Gasteiger partial charge in [-0.05, 0) is 48.4 Å². The summed E-state index contributed by atoms with van der Waals surface area (Å²) in [7, 11) is 0. The third-order valence-corrected chi connectivity index (χ3v) is 4.10. The van der Waals surface area contributed by atoms with E-state index in [2.05, 4.69) is 15.6 Å². The molecule has 0 saturated carbocycles. The van der Waals surface area contributed by atoms with Crippen LogP contribution in [0.25, 0.3) is 0 Å². The first-order chi connectivity index (χ1) is 12.6. The van der Waals surface area contributed by atoms with Crippen LogP contribution in [0, 0.1) is 5.82 Å². The van der Waals surface area contributed by atoms with Crippen molar-refractivity contribution in [2.45, 2.75) is 6.42 Å². The van der Waals surface area contributed by atoms with Crippen LogP contribution in [-0.2, 0) is 6.42 Å². The normalized spacial score (nSPS) is 10.4. The number of nitrogens with one attached hydrogen (secondary N) is 2.